The van der Waals surface area contributed by atoms with Crippen LogP contribution in [0.4, 0.5) is 5.69 Å². The summed E-state index contributed by atoms with van der Waals surface area (Å²) in [6, 6.07) is 8.44. The van der Waals surface area contributed by atoms with E-state index in [2.05, 4.69) is 16.3 Å². The van der Waals surface area contributed by atoms with E-state index >= 15 is 0 Å². The standard InChI is InChI=1S/C15H18ClN3/c16-13-2-1-12(8-17)15(7-13)18-9-11-5-6-19(10-11)14-3-4-14/h1-2,7,11,14,18H,3-6,9-10H2. The Morgan fingerprint density at radius 2 is 2.21 bits per heavy atom. The highest BCUT2D eigenvalue weighted by molar-refractivity contribution is 6.30. The Balaban J connectivity index is 1.57. The molecule has 0 spiro atoms. The Hall–Kier alpha value is -1.24. The van der Waals surface area contributed by atoms with Gasteiger partial charge in [0.05, 0.1) is 11.3 Å². The number of likely N-dealkylation sites (tertiary alicyclic amines) is 1. The molecule has 0 radical (unpaired) electrons. The maximum absolute atomic E-state index is 9.08. The van der Waals surface area contributed by atoms with Crippen molar-refractivity contribution < 1.29 is 0 Å². The lowest BCUT2D eigenvalue weighted by molar-refractivity contribution is 0.316. The molecule has 0 bridgehead atoms. The van der Waals surface area contributed by atoms with Crippen LogP contribution in [0.1, 0.15) is 24.8 Å². The van der Waals surface area contributed by atoms with Crippen LogP contribution in [0.3, 0.4) is 0 Å². The van der Waals surface area contributed by atoms with E-state index in [1.807, 2.05) is 6.07 Å². The number of nitrogens with one attached hydrogen (secondary N) is 1. The lowest BCUT2D eigenvalue weighted by Gasteiger charge is -2.16. The van der Waals surface area contributed by atoms with Crippen molar-refractivity contribution in [2.45, 2.75) is 25.3 Å². The van der Waals surface area contributed by atoms with Crippen LogP contribution in [0.15, 0.2) is 18.2 Å². The molecule has 19 heavy (non-hydrogen) atoms. The van der Waals surface area contributed by atoms with Crippen molar-refractivity contribution in [3.8, 4) is 6.07 Å². The van der Waals surface area contributed by atoms with E-state index in [1.54, 1.807) is 12.1 Å². The Labute approximate surface area is 119 Å². The summed E-state index contributed by atoms with van der Waals surface area (Å²) in [5.41, 5.74) is 1.53. The van der Waals surface area contributed by atoms with E-state index in [0.717, 1.165) is 18.3 Å². The zero-order valence-corrected chi connectivity index (χ0v) is 11.7. The van der Waals surface area contributed by atoms with E-state index in [9.17, 15) is 0 Å². The van der Waals surface area contributed by atoms with Crippen LogP contribution in [0, 0.1) is 17.2 Å². The van der Waals surface area contributed by atoms with Crippen molar-refractivity contribution in [1.82, 2.24) is 4.90 Å². The summed E-state index contributed by atoms with van der Waals surface area (Å²) in [5, 5.41) is 13.1. The molecule has 2 aliphatic rings. The van der Waals surface area contributed by atoms with Crippen LogP contribution in [-0.2, 0) is 0 Å². The molecule has 1 aromatic carbocycles. The fourth-order valence-electron chi connectivity index (χ4n) is 2.82. The first-order valence-electron chi connectivity index (χ1n) is 6.94. The van der Waals surface area contributed by atoms with E-state index in [4.69, 9.17) is 16.9 Å². The first-order valence-corrected chi connectivity index (χ1v) is 7.31. The van der Waals surface area contributed by atoms with Crippen molar-refractivity contribution in [2.24, 2.45) is 5.92 Å². The zero-order valence-electron chi connectivity index (χ0n) is 10.9. The molecule has 4 heteroatoms. The first-order chi connectivity index (χ1) is 9.26. The zero-order chi connectivity index (χ0) is 13.2. The van der Waals surface area contributed by atoms with Crippen molar-refractivity contribution in [2.75, 3.05) is 25.0 Å². The second kappa shape index (κ2) is 5.40. The Kier molecular flexibility index (Phi) is 3.63. The van der Waals surface area contributed by atoms with Gasteiger partial charge in [-0.25, -0.2) is 0 Å². The predicted octanol–water partition coefficient (Wildman–Crippen LogP) is 3.11. The van der Waals surface area contributed by atoms with Gasteiger partial charge in [0.15, 0.2) is 0 Å². The average Bonchev–Trinajstić information content (AvgIpc) is 3.16. The molecular formula is C15H18ClN3. The number of nitrogens with zero attached hydrogens (tertiary/aromatic N) is 2. The van der Waals surface area contributed by atoms with Crippen LogP contribution in [-0.4, -0.2) is 30.6 Å². The van der Waals surface area contributed by atoms with E-state index in [-0.39, 0.29) is 0 Å². The van der Waals surface area contributed by atoms with Crippen LogP contribution >= 0.6 is 11.6 Å². The van der Waals surface area contributed by atoms with Crippen molar-refractivity contribution in [3.05, 3.63) is 28.8 Å². The third kappa shape index (κ3) is 3.02. The smallest absolute Gasteiger partial charge is 0.101 e. The molecule has 100 valence electrons. The second-order valence-electron chi connectivity index (χ2n) is 5.56. The topological polar surface area (TPSA) is 39.1 Å². The highest BCUT2D eigenvalue weighted by Gasteiger charge is 2.34. The number of anilines is 1. The molecule has 3 rings (SSSR count). The van der Waals surface area contributed by atoms with Crippen LogP contribution in [0.25, 0.3) is 0 Å². The number of rotatable bonds is 4. The molecule has 3 nitrogen and oxygen atoms in total. The Morgan fingerprint density at radius 1 is 1.37 bits per heavy atom. The third-order valence-corrected chi connectivity index (χ3v) is 4.30. The Bertz CT molecular complexity index is 505. The van der Waals surface area contributed by atoms with Gasteiger partial charge in [0.25, 0.3) is 0 Å². The van der Waals surface area contributed by atoms with Crippen molar-refractivity contribution in [3.63, 3.8) is 0 Å². The van der Waals surface area contributed by atoms with Gasteiger partial charge in [0.1, 0.15) is 6.07 Å². The SMILES string of the molecule is N#Cc1ccc(Cl)cc1NCC1CCN(C2CC2)C1. The average molecular weight is 276 g/mol. The molecular weight excluding hydrogens is 258 g/mol. The summed E-state index contributed by atoms with van der Waals surface area (Å²) in [6.45, 7) is 3.36. The van der Waals surface area contributed by atoms with Gasteiger partial charge in [-0.2, -0.15) is 5.26 Å². The minimum absolute atomic E-state index is 0.668. The third-order valence-electron chi connectivity index (χ3n) is 4.06. The molecule has 1 atom stereocenters. The van der Waals surface area contributed by atoms with Gasteiger partial charge >= 0.3 is 0 Å². The molecule has 1 aliphatic carbocycles. The van der Waals surface area contributed by atoms with Gasteiger partial charge < -0.3 is 10.2 Å². The van der Waals surface area contributed by atoms with Gasteiger partial charge in [-0.15, -0.1) is 0 Å². The maximum atomic E-state index is 9.08. The van der Waals surface area contributed by atoms with Crippen LogP contribution < -0.4 is 5.32 Å². The molecule has 1 unspecified atom stereocenters. The predicted molar refractivity (Wildman–Crippen MR) is 77.4 cm³/mol. The van der Waals surface area contributed by atoms with Gasteiger partial charge in [-0.05, 0) is 49.9 Å². The summed E-state index contributed by atoms with van der Waals surface area (Å²) in [7, 11) is 0. The summed E-state index contributed by atoms with van der Waals surface area (Å²) >= 11 is 5.98. The van der Waals surface area contributed by atoms with Crippen molar-refractivity contribution in [1.29, 1.82) is 5.26 Å². The largest absolute Gasteiger partial charge is 0.384 e. The molecule has 1 saturated carbocycles. The Morgan fingerprint density at radius 3 is 2.95 bits per heavy atom. The molecule has 1 aliphatic heterocycles. The lowest BCUT2D eigenvalue weighted by atomic mass is 10.1. The summed E-state index contributed by atoms with van der Waals surface area (Å²) < 4.78 is 0. The molecule has 1 heterocycles. The number of hydrogen-bond donors (Lipinski definition) is 1. The minimum Gasteiger partial charge on any atom is -0.384 e. The van der Waals surface area contributed by atoms with Crippen LogP contribution in [0.2, 0.25) is 5.02 Å². The number of nitriles is 1. The van der Waals surface area contributed by atoms with Gasteiger partial charge in [0.2, 0.25) is 0 Å². The number of benzene rings is 1. The molecule has 1 aromatic rings. The summed E-state index contributed by atoms with van der Waals surface area (Å²) in [6.07, 6.45) is 4.02. The van der Waals surface area contributed by atoms with Crippen molar-refractivity contribution >= 4 is 17.3 Å². The van der Waals surface area contributed by atoms with Gasteiger partial charge in [-0.3, -0.25) is 0 Å². The molecule has 2 fully saturated rings. The van der Waals surface area contributed by atoms with Gasteiger partial charge in [0, 0.05) is 24.2 Å². The normalized spacial score (nSPS) is 23.3. The molecule has 0 amide bonds. The van der Waals surface area contributed by atoms with E-state index < -0.39 is 0 Å². The summed E-state index contributed by atoms with van der Waals surface area (Å²) in [4.78, 5) is 2.61. The lowest BCUT2D eigenvalue weighted by Crippen LogP contribution is -2.24. The first kappa shape index (κ1) is 12.8. The quantitative estimate of drug-likeness (QED) is 0.918. The number of hydrogen-bond acceptors (Lipinski definition) is 3. The fourth-order valence-corrected chi connectivity index (χ4v) is 2.99. The molecule has 1 N–H and O–H groups in total. The highest BCUT2D eigenvalue weighted by atomic mass is 35.5. The number of halogens is 1. The molecule has 1 saturated heterocycles. The van der Waals surface area contributed by atoms with E-state index in [1.165, 1.54) is 32.4 Å². The van der Waals surface area contributed by atoms with Crippen LogP contribution in [0.5, 0.6) is 0 Å². The molecule has 0 aromatic heterocycles. The highest BCUT2D eigenvalue weighted by Crippen LogP contribution is 2.32. The van der Waals surface area contributed by atoms with E-state index in [0.29, 0.717) is 16.5 Å². The summed E-state index contributed by atoms with van der Waals surface area (Å²) in [5.74, 6) is 0.686. The minimum atomic E-state index is 0.668. The maximum Gasteiger partial charge on any atom is 0.101 e. The fraction of sp³-hybridized carbons (Fsp3) is 0.533. The monoisotopic (exact) mass is 275 g/mol. The second-order valence-corrected chi connectivity index (χ2v) is 6.00. The van der Waals surface area contributed by atoms with Gasteiger partial charge in [-0.1, -0.05) is 11.6 Å².